The number of benzene rings is 1. The van der Waals surface area contributed by atoms with Gasteiger partial charge in [0, 0.05) is 31.1 Å². The van der Waals surface area contributed by atoms with E-state index in [1.807, 2.05) is 29.2 Å². The second-order valence-electron chi connectivity index (χ2n) is 8.14. The first-order valence-electron chi connectivity index (χ1n) is 10.8. The van der Waals surface area contributed by atoms with E-state index >= 15 is 0 Å². The molecule has 1 aliphatic heterocycles. The van der Waals surface area contributed by atoms with Gasteiger partial charge in [-0.15, -0.1) is 0 Å². The molecule has 1 N–H and O–H groups in total. The van der Waals surface area contributed by atoms with Crippen molar-refractivity contribution >= 4 is 11.7 Å². The summed E-state index contributed by atoms with van der Waals surface area (Å²) in [5.41, 5.74) is 0.783. The number of likely N-dealkylation sites (tertiary alicyclic amines) is 1. The zero-order chi connectivity index (χ0) is 20.1. The fourth-order valence-corrected chi connectivity index (χ4v) is 3.69. The number of hydrogen-bond acceptors (Lipinski definition) is 5. The Hall–Kier alpha value is -2.57. The van der Waals surface area contributed by atoms with Crippen LogP contribution in [0.15, 0.2) is 28.8 Å². The van der Waals surface area contributed by atoms with E-state index in [-0.39, 0.29) is 6.03 Å². The fraction of sp³-hybridized carbons (Fsp3) is 0.591. The van der Waals surface area contributed by atoms with Gasteiger partial charge in [-0.05, 0) is 62.3 Å². The smallest absolute Gasteiger partial charge is 0.321 e. The zero-order valence-electron chi connectivity index (χ0n) is 17.1. The van der Waals surface area contributed by atoms with Crippen LogP contribution in [0.3, 0.4) is 0 Å². The number of carbonyl (C=O) groups excluding carboxylic acids is 1. The molecule has 1 aliphatic carbocycles. The number of aromatic nitrogens is 2. The van der Waals surface area contributed by atoms with Crippen LogP contribution in [0.4, 0.5) is 10.5 Å². The van der Waals surface area contributed by atoms with Gasteiger partial charge in [-0.1, -0.05) is 18.5 Å². The molecular formula is C22H30N4O3. The van der Waals surface area contributed by atoms with Gasteiger partial charge in [0.1, 0.15) is 5.75 Å². The normalized spacial score (nSPS) is 19.2. The van der Waals surface area contributed by atoms with Crippen molar-refractivity contribution in [3.8, 4) is 5.75 Å². The number of urea groups is 1. The first-order chi connectivity index (χ1) is 14.2. The van der Waals surface area contributed by atoms with E-state index in [0.717, 1.165) is 62.5 Å². The molecule has 29 heavy (non-hydrogen) atoms. The Labute approximate surface area is 171 Å². The Bertz CT molecular complexity index is 801. The molecule has 7 nitrogen and oxygen atoms in total. The third kappa shape index (κ3) is 5.49. The molecule has 1 aromatic heterocycles. The summed E-state index contributed by atoms with van der Waals surface area (Å²) < 4.78 is 11.1. The number of ether oxygens (including phenoxy) is 1. The quantitative estimate of drug-likeness (QED) is 0.657. The third-order valence-electron chi connectivity index (χ3n) is 5.57. The van der Waals surface area contributed by atoms with Crippen LogP contribution in [0.5, 0.6) is 5.75 Å². The molecule has 156 valence electrons. The van der Waals surface area contributed by atoms with Gasteiger partial charge in [0.25, 0.3) is 0 Å². The van der Waals surface area contributed by atoms with E-state index in [1.165, 1.54) is 12.8 Å². The van der Waals surface area contributed by atoms with Gasteiger partial charge in [-0.2, -0.15) is 4.98 Å². The van der Waals surface area contributed by atoms with Crippen molar-refractivity contribution in [2.45, 2.75) is 57.8 Å². The first-order valence-corrected chi connectivity index (χ1v) is 10.8. The number of carbonyl (C=O) groups is 1. The van der Waals surface area contributed by atoms with Gasteiger partial charge >= 0.3 is 6.03 Å². The summed E-state index contributed by atoms with van der Waals surface area (Å²) in [6.45, 7) is 4.35. The highest BCUT2D eigenvalue weighted by Gasteiger charge is 2.30. The molecule has 1 unspecified atom stereocenters. The summed E-state index contributed by atoms with van der Waals surface area (Å²) >= 11 is 0. The van der Waals surface area contributed by atoms with Crippen molar-refractivity contribution in [3.05, 3.63) is 36.0 Å². The Morgan fingerprint density at radius 1 is 1.28 bits per heavy atom. The molecule has 0 spiro atoms. The highest BCUT2D eigenvalue weighted by atomic mass is 16.5. The van der Waals surface area contributed by atoms with E-state index in [9.17, 15) is 4.79 Å². The minimum atomic E-state index is -0.0569. The van der Waals surface area contributed by atoms with Crippen LogP contribution >= 0.6 is 0 Å². The molecule has 0 bridgehead atoms. The van der Waals surface area contributed by atoms with Crippen LogP contribution in [-0.4, -0.2) is 40.8 Å². The lowest BCUT2D eigenvalue weighted by molar-refractivity contribution is 0.173. The topological polar surface area (TPSA) is 80.5 Å². The highest BCUT2D eigenvalue weighted by molar-refractivity contribution is 5.89. The molecule has 1 atom stereocenters. The van der Waals surface area contributed by atoms with Gasteiger partial charge in [0.05, 0.1) is 6.61 Å². The Kier molecular flexibility index (Phi) is 6.32. The average Bonchev–Trinajstić information content (AvgIpc) is 3.49. The number of nitrogens with one attached hydrogen (secondary N) is 1. The number of rotatable bonds is 8. The second kappa shape index (κ2) is 9.29. The number of hydrogen-bond donors (Lipinski definition) is 1. The van der Waals surface area contributed by atoms with E-state index in [0.29, 0.717) is 24.3 Å². The maximum Gasteiger partial charge on any atom is 0.321 e. The lowest BCUT2D eigenvalue weighted by atomic mass is 9.95. The highest BCUT2D eigenvalue weighted by Crippen LogP contribution is 2.38. The maximum absolute atomic E-state index is 12.7. The van der Waals surface area contributed by atoms with E-state index in [1.54, 1.807) is 0 Å². The Morgan fingerprint density at radius 2 is 2.10 bits per heavy atom. The van der Waals surface area contributed by atoms with E-state index in [4.69, 9.17) is 9.26 Å². The van der Waals surface area contributed by atoms with Crippen molar-refractivity contribution in [3.63, 3.8) is 0 Å². The number of unbranched alkanes of at least 4 members (excludes halogenated alkanes) is 1. The van der Waals surface area contributed by atoms with Gasteiger partial charge < -0.3 is 19.5 Å². The molecule has 2 aliphatic rings. The molecule has 2 heterocycles. The van der Waals surface area contributed by atoms with Crippen LogP contribution < -0.4 is 10.1 Å². The van der Waals surface area contributed by atoms with E-state index in [2.05, 4.69) is 22.4 Å². The molecule has 0 radical (unpaired) electrons. The average molecular weight is 399 g/mol. The molecule has 1 saturated carbocycles. The van der Waals surface area contributed by atoms with Gasteiger partial charge in [-0.25, -0.2) is 4.79 Å². The van der Waals surface area contributed by atoms with Crippen molar-refractivity contribution in [1.29, 1.82) is 0 Å². The molecule has 7 heteroatoms. The third-order valence-corrected chi connectivity index (χ3v) is 5.57. The molecule has 2 fully saturated rings. The van der Waals surface area contributed by atoms with Crippen LogP contribution in [0.25, 0.3) is 0 Å². The van der Waals surface area contributed by atoms with Crippen molar-refractivity contribution in [2.75, 3.05) is 25.0 Å². The summed E-state index contributed by atoms with van der Waals surface area (Å²) in [4.78, 5) is 19.1. The Balaban J connectivity index is 1.26. The molecular weight excluding hydrogens is 368 g/mol. The first kappa shape index (κ1) is 19.7. The number of amides is 2. The number of piperidine rings is 1. The molecule has 2 aromatic rings. The molecule has 1 saturated heterocycles. The maximum atomic E-state index is 12.7. The zero-order valence-corrected chi connectivity index (χ0v) is 17.1. The van der Waals surface area contributed by atoms with Crippen LogP contribution in [0.2, 0.25) is 0 Å². The standard InChI is InChI=1S/C22H30N4O3/c1-2-3-13-28-19-10-8-18(9-11-19)23-22(27)26-12-4-5-16(15-26)14-20-24-21(25-29-20)17-6-7-17/h8-11,16-17H,2-7,12-15H2,1H3,(H,23,27). The van der Waals surface area contributed by atoms with E-state index < -0.39 is 0 Å². The SMILES string of the molecule is CCCCOc1ccc(NC(=O)N2CCCC(Cc3nc(C4CC4)no3)C2)cc1. The minimum absolute atomic E-state index is 0.0569. The molecule has 1 aromatic carbocycles. The van der Waals surface area contributed by atoms with Crippen LogP contribution in [0.1, 0.15) is 63.1 Å². The van der Waals surface area contributed by atoms with Gasteiger partial charge in [-0.3, -0.25) is 0 Å². The molecule has 2 amide bonds. The molecule has 4 rings (SSSR count). The van der Waals surface area contributed by atoms with Crippen molar-refractivity contribution < 1.29 is 14.1 Å². The number of nitrogens with zero attached hydrogens (tertiary/aromatic N) is 3. The minimum Gasteiger partial charge on any atom is -0.494 e. The van der Waals surface area contributed by atoms with Crippen LogP contribution in [0, 0.1) is 5.92 Å². The summed E-state index contributed by atoms with van der Waals surface area (Å²) in [6, 6.07) is 7.52. The predicted molar refractivity (Wildman–Crippen MR) is 110 cm³/mol. The largest absolute Gasteiger partial charge is 0.494 e. The number of anilines is 1. The lowest BCUT2D eigenvalue weighted by Gasteiger charge is -2.32. The fourth-order valence-electron chi connectivity index (χ4n) is 3.69. The summed E-state index contributed by atoms with van der Waals surface area (Å²) in [5.74, 6) is 3.26. The summed E-state index contributed by atoms with van der Waals surface area (Å²) in [7, 11) is 0. The van der Waals surface area contributed by atoms with Gasteiger partial charge in [0.2, 0.25) is 5.89 Å². The summed E-state index contributed by atoms with van der Waals surface area (Å²) in [6.07, 6.45) is 7.30. The lowest BCUT2D eigenvalue weighted by Crippen LogP contribution is -2.42. The van der Waals surface area contributed by atoms with Gasteiger partial charge in [0.15, 0.2) is 5.82 Å². The Morgan fingerprint density at radius 3 is 2.86 bits per heavy atom. The summed E-state index contributed by atoms with van der Waals surface area (Å²) in [5, 5.41) is 7.09. The van der Waals surface area contributed by atoms with Crippen molar-refractivity contribution in [1.82, 2.24) is 15.0 Å². The van der Waals surface area contributed by atoms with Crippen LogP contribution in [-0.2, 0) is 6.42 Å². The predicted octanol–water partition coefficient (Wildman–Crippen LogP) is 4.61. The van der Waals surface area contributed by atoms with Crippen molar-refractivity contribution in [2.24, 2.45) is 5.92 Å². The monoisotopic (exact) mass is 398 g/mol. The second-order valence-corrected chi connectivity index (χ2v) is 8.14.